The van der Waals surface area contributed by atoms with Gasteiger partial charge in [0.15, 0.2) is 0 Å². The summed E-state index contributed by atoms with van der Waals surface area (Å²) in [6.45, 7) is 12.6. The molecular formula is C20H36N2. The van der Waals surface area contributed by atoms with E-state index in [0.29, 0.717) is 6.04 Å². The molecule has 0 aliphatic heterocycles. The lowest BCUT2D eigenvalue weighted by Gasteiger charge is -2.21. The summed E-state index contributed by atoms with van der Waals surface area (Å²) in [7, 11) is 4.44. The van der Waals surface area contributed by atoms with Crippen molar-refractivity contribution in [3.8, 4) is 0 Å². The molecule has 1 unspecified atom stereocenters. The Balaban J connectivity index is 2.35. The molecule has 0 saturated heterocycles. The number of hydrogen-bond acceptors (Lipinski definition) is 2. The molecule has 0 aliphatic carbocycles. The maximum atomic E-state index is 2.46. The molecule has 0 radical (unpaired) electrons. The fourth-order valence-electron chi connectivity index (χ4n) is 2.51. The van der Waals surface area contributed by atoms with E-state index in [9.17, 15) is 0 Å². The molecule has 2 nitrogen and oxygen atoms in total. The Morgan fingerprint density at radius 1 is 0.864 bits per heavy atom. The highest BCUT2D eigenvalue weighted by Gasteiger charge is 2.05. The van der Waals surface area contributed by atoms with Crippen molar-refractivity contribution in [3.63, 3.8) is 0 Å². The summed E-state index contributed by atoms with van der Waals surface area (Å²) < 4.78 is 0. The van der Waals surface area contributed by atoms with Crippen molar-refractivity contribution in [2.24, 2.45) is 5.92 Å². The lowest BCUT2D eigenvalue weighted by molar-refractivity contribution is 0.277. The van der Waals surface area contributed by atoms with Crippen LogP contribution in [0.2, 0.25) is 0 Å². The second-order valence-electron chi connectivity index (χ2n) is 7.17. The third kappa shape index (κ3) is 7.42. The van der Waals surface area contributed by atoms with Gasteiger partial charge in [0, 0.05) is 25.7 Å². The molecule has 22 heavy (non-hydrogen) atoms. The molecule has 1 aromatic carbocycles. The van der Waals surface area contributed by atoms with E-state index in [1.54, 1.807) is 0 Å². The lowest BCUT2D eigenvalue weighted by atomic mass is 10.1. The Morgan fingerprint density at radius 2 is 1.36 bits per heavy atom. The van der Waals surface area contributed by atoms with Gasteiger partial charge in [-0.2, -0.15) is 0 Å². The second-order valence-corrected chi connectivity index (χ2v) is 7.17. The first-order chi connectivity index (χ1) is 10.4. The van der Waals surface area contributed by atoms with Gasteiger partial charge in [0.25, 0.3) is 0 Å². The maximum absolute atomic E-state index is 2.46. The predicted molar refractivity (Wildman–Crippen MR) is 98.6 cm³/mol. The average Bonchev–Trinajstić information content (AvgIpc) is 2.51. The summed E-state index contributed by atoms with van der Waals surface area (Å²) in [6.07, 6.45) is 3.56. The Morgan fingerprint density at radius 3 is 1.82 bits per heavy atom. The van der Waals surface area contributed by atoms with Gasteiger partial charge in [-0.05, 0) is 57.8 Å². The first kappa shape index (κ1) is 19.2. The van der Waals surface area contributed by atoms with Crippen LogP contribution >= 0.6 is 0 Å². The maximum Gasteiger partial charge on any atom is 0.00356 e. The zero-order valence-electron chi connectivity index (χ0n) is 15.6. The van der Waals surface area contributed by atoms with E-state index < -0.39 is 0 Å². The molecule has 0 aliphatic rings. The van der Waals surface area contributed by atoms with Gasteiger partial charge in [-0.3, -0.25) is 0 Å². The van der Waals surface area contributed by atoms with Gasteiger partial charge in [-0.25, -0.2) is 0 Å². The highest BCUT2D eigenvalue weighted by molar-refractivity contribution is 5.23. The molecule has 0 aromatic heterocycles. The zero-order chi connectivity index (χ0) is 16.5. The van der Waals surface area contributed by atoms with Crippen LogP contribution in [0.4, 0.5) is 0 Å². The van der Waals surface area contributed by atoms with Crippen LogP contribution in [0.5, 0.6) is 0 Å². The number of hydrogen-bond donors (Lipinski definition) is 0. The van der Waals surface area contributed by atoms with Crippen molar-refractivity contribution < 1.29 is 0 Å². The normalized spacial score (nSPS) is 13.3. The van der Waals surface area contributed by atoms with E-state index in [1.807, 2.05) is 0 Å². The Bertz CT molecular complexity index is 397. The Hall–Kier alpha value is -0.860. The summed E-state index contributed by atoms with van der Waals surface area (Å²) in [5.74, 6) is 0.797. The van der Waals surface area contributed by atoms with E-state index in [1.165, 1.54) is 24.1 Å². The van der Waals surface area contributed by atoms with Gasteiger partial charge < -0.3 is 9.80 Å². The molecule has 2 heteroatoms. The highest BCUT2D eigenvalue weighted by atomic mass is 15.1. The van der Waals surface area contributed by atoms with E-state index in [2.05, 4.69) is 75.9 Å². The smallest absolute Gasteiger partial charge is 0.00356 e. The van der Waals surface area contributed by atoms with Crippen LogP contribution in [0.3, 0.4) is 0 Å². The molecule has 1 aromatic rings. The first-order valence-corrected chi connectivity index (χ1v) is 8.89. The molecule has 126 valence electrons. The summed E-state index contributed by atoms with van der Waals surface area (Å²) in [6, 6.07) is 9.85. The third-order valence-corrected chi connectivity index (χ3v) is 4.76. The molecular weight excluding hydrogens is 268 g/mol. The number of rotatable bonds is 10. The summed E-state index contributed by atoms with van der Waals surface area (Å²) in [4.78, 5) is 4.86. The van der Waals surface area contributed by atoms with Crippen molar-refractivity contribution in [1.29, 1.82) is 0 Å². The topological polar surface area (TPSA) is 6.48 Å². The average molecular weight is 305 g/mol. The monoisotopic (exact) mass is 304 g/mol. The van der Waals surface area contributed by atoms with Crippen LogP contribution in [0.1, 0.15) is 45.2 Å². The molecule has 0 spiro atoms. The molecule has 1 atom stereocenters. The largest absolute Gasteiger partial charge is 0.306 e. The number of nitrogens with zero attached hydrogens (tertiary/aromatic N) is 2. The molecule has 0 N–H and O–H groups in total. The molecule has 0 bridgehead atoms. The van der Waals surface area contributed by atoms with Gasteiger partial charge in [0.1, 0.15) is 0 Å². The van der Waals surface area contributed by atoms with Crippen molar-refractivity contribution in [3.05, 3.63) is 35.4 Å². The van der Waals surface area contributed by atoms with Crippen molar-refractivity contribution in [2.45, 2.75) is 53.0 Å². The first-order valence-electron chi connectivity index (χ1n) is 8.89. The fraction of sp³-hybridized carbons (Fsp3) is 0.700. The van der Waals surface area contributed by atoms with Crippen molar-refractivity contribution in [1.82, 2.24) is 9.80 Å². The number of benzene rings is 1. The van der Waals surface area contributed by atoms with E-state index in [4.69, 9.17) is 0 Å². The van der Waals surface area contributed by atoms with Crippen LogP contribution in [-0.4, -0.2) is 49.6 Å². The SMILES string of the molecule is CCC(C)CN(C)CCc1ccc(CCN(C)C(C)C)cc1. The Labute approximate surface area is 138 Å². The Kier molecular flexibility index (Phi) is 8.74. The molecule has 0 saturated carbocycles. The van der Waals surface area contributed by atoms with Gasteiger partial charge >= 0.3 is 0 Å². The lowest BCUT2D eigenvalue weighted by Crippen LogP contribution is -2.28. The van der Waals surface area contributed by atoms with Crippen LogP contribution in [0, 0.1) is 5.92 Å². The van der Waals surface area contributed by atoms with Gasteiger partial charge in [-0.1, -0.05) is 44.5 Å². The highest BCUT2D eigenvalue weighted by Crippen LogP contribution is 2.09. The van der Waals surface area contributed by atoms with Crippen LogP contribution < -0.4 is 0 Å². The quantitative estimate of drug-likeness (QED) is 0.642. The minimum absolute atomic E-state index is 0.625. The minimum Gasteiger partial charge on any atom is -0.306 e. The fourth-order valence-corrected chi connectivity index (χ4v) is 2.51. The predicted octanol–water partition coefficient (Wildman–Crippen LogP) is 4.09. The summed E-state index contributed by atoms with van der Waals surface area (Å²) in [5.41, 5.74) is 2.90. The molecule has 1 rings (SSSR count). The van der Waals surface area contributed by atoms with E-state index in [-0.39, 0.29) is 0 Å². The van der Waals surface area contributed by atoms with Crippen LogP contribution in [0.25, 0.3) is 0 Å². The third-order valence-electron chi connectivity index (χ3n) is 4.76. The molecule has 0 fully saturated rings. The van der Waals surface area contributed by atoms with Gasteiger partial charge in [0.05, 0.1) is 0 Å². The van der Waals surface area contributed by atoms with Gasteiger partial charge in [0.2, 0.25) is 0 Å². The molecule has 0 heterocycles. The van der Waals surface area contributed by atoms with Crippen molar-refractivity contribution >= 4 is 0 Å². The summed E-state index contributed by atoms with van der Waals surface area (Å²) in [5, 5.41) is 0. The minimum atomic E-state index is 0.625. The van der Waals surface area contributed by atoms with E-state index in [0.717, 1.165) is 31.8 Å². The van der Waals surface area contributed by atoms with Crippen molar-refractivity contribution in [2.75, 3.05) is 33.7 Å². The standard InChI is InChI=1S/C20H36N2/c1-7-18(4)16-21(5)14-12-19-8-10-20(11-9-19)13-15-22(6)17(2)3/h8-11,17-18H,7,12-16H2,1-6H3. The van der Waals surface area contributed by atoms with E-state index >= 15 is 0 Å². The number of likely N-dealkylation sites (N-methyl/N-ethyl adjacent to an activating group) is 2. The summed E-state index contributed by atoms with van der Waals surface area (Å²) >= 11 is 0. The van der Waals surface area contributed by atoms with Gasteiger partial charge in [-0.15, -0.1) is 0 Å². The zero-order valence-corrected chi connectivity index (χ0v) is 15.6. The molecule has 0 amide bonds. The second kappa shape index (κ2) is 10.0. The van der Waals surface area contributed by atoms with Crippen LogP contribution in [0.15, 0.2) is 24.3 Å². The van der Waals surface area contributed by atoms with Crippen LogP contribution in [-0.2, 0) is 12.8 Å².